The van der Waals surface area contributed by atoms with Crippen LogP contribution in [0.1, 0.15) is 27.4 Å². The lowest BCUT2D eigenvalue weighted by molar-refractivity contribution is 0.0949. The molecular formula is C16H19NO4. The Morgan fingerprint density at radius 1 is 1.33 bits per heavy atom. The topological polar surface area (TPSA) is 71.7 Å². The molecule has 0 unspecified atom stereocenters. The Hall–Kier alpha value is -2.27. The molecule has 1 amide bonds. The minimum atomic E-state index is -0.179. The average Bonchev–Trinajstić information content (AvgIpc) is 2.82. The van der Waals surface area contributed by atoms with E-state index >= 15 is 0 Å². The molecule has 1 aromatic heterocycles. The molecule has 0 fully saturated rings. The van der Waals surface area contributed by atoms with E-state index in [4.69, 9.17) is 14.3 Å². The molecule has 2 aromatic rings. The number of carbonyl (C=O) groups excluding carboxylic acids is 1. The number of hydrogen-bond donors (Lipinski definition) is 2. The van der Waals surface area contributed by atoms with Crippen LogP contribution in [0.3, 0.4) is 0 Å². The Bertz CT molecular complexity index is 618. The molecule has 0 aliphatic carbocycles. The van der Waals surface area contributed by atoms with Gasteiger partial charge in [0.05, 0.1) is 12.2 Å². The fraction of sp³-hybridized carbons (Fsp3) is 0.312. The molecule has 0 bridgehead atoms. The number of benzene rings is 1. The number of carbonyl (C=O) groups is 1. The zero-order chi connectivity index (χ0) is 15.2. The predicted molar refractivity (Wildman–Crippen MR) is 78.4 cm³/mol. The summed E-state index contributed by atoms with van der Waals surface area (Å²) in [7, 11) is 0. The van der Waals surface area contributed by atoms with E-state index in [1.807, 2.05) is 31.2 Å². The molecule has 0 saturated heterocycles. The third kappa shape index (κ3) is 3.86. The summed E-state index contributed by atoms with van der Waals surface area (Å²) in [5.74, 6) is 1.80. The van der Waals surface area contributed by atoms with Crippen LogP contribution in [0.15, 0.2) is 34.7 Å². The monoisotopic (exact) mass is 289 g/mol. The number of para-hydroxylation sites is 1. The van der Waals surface area contributed by atoms with Crippen molar-refractivity contribution in [3.05, 3.63) is 53.0 Å². The van der Waals surface area contributed by atoms with Gasteiger partial charge in [-0.25, -0.2) is 0 Å². The number of aliphatic hydroxyl groups excluding tert-OH is 1. The molecule has 0 radical (unpaired) electrons. The number of hydrogen-bond acceptors (Lipinski definition) is 4. The molecule has 21 heavy (non-hydrogen) atoms. The first kappa shape index (κ1) is 15.1. The number of ether oxygens (including phenoxy) is 1. The largest absolute Gasteiger partial charge is 0.491 e. The van der Waals surface area contributed by atoms with E-state index in [1.54, 1.807) is 13.0 Å². The molecule has 2 N–H and O–H groups in total. The molecule has 0 spiro atoms. The highest BCUT2D eigenvalue weighted by atomic mass is 16.5. The lowest BCUT2D eigenvalue weighted by atomic mass is 10.2. The zero-order valence-electron chi connectivity index (χ0n) is 12.2. The summed E-state index contributed by atoms with van der Waals surface area (Å²) >= 11 is 0. The van der Waals surface area contributed by atoms with Gasteiger partial charge in [0.25, 0.3) is 5.91 Å². The second-order valence-corrected chi connectivity index (χ2v) is 4.69. The second kappa shape index (κ2) is 6.95. The maximum Gasteiger partial charge on any atom is 0.255 e. The van der Waals surface area contributed by atoms with Gasteiger partial charge in [0.2, 0.25) is 0 Å². The van der Waals surface area contributed by atoms with Gasteiger partial charge in [0.1, 0.15) is 23.9 Å². The van der Waals surface area contributed by atoms with E-state index in [0.717, 1.165) is 5.56 Å². The average molecular weight is 289 g/mol. The third-order valence-electron chi connectivity index (χ3n) is 3.05. The van der Waals surface area contributed by atoms with Crippen molar-refractivity contribution < 1.29 is 19.1 Å². The molecule has 112 valence electrons. The van der Waals surface area contributed by atoms with Crippen LogP contribution < -0.4 is 10.1 Å². The Kier molecular flexibility index (Phi) is 5.00. The smallest absolute Gasteiger partial charge is 0.255 e. The highest BCUT2D eigenvalue weighted by Gasteiger charge is 2.13. The maximum absolute atomic E-state index is 12.1. The van der Waals surface area contributed by atoms with Crippen molar-refractivity contribution in [1.29, 1.82) is 0 Å². The van der Waals surface area contributed by atoms with Gasteiger partial charge in [-0.2, -0.15) is 0 Å². The van der Waals surface area contributed by atoms with E-state index in [1.165, 1.54) is 0 Å². The fourth-order valence-electron chi connectivity index (χ4n) is 2.07. The van der Waals surface area contributed by atoms with Gasteiger partial charge in [0.15, 0.2) is 0 Å². The molecule has 5 heteroatoms. The van der Waals surface area contributed by atoms with E-state index in [-0.39, 0.29) is 19.1 Å². The van der Waals surface area contributed by atoms with Gasteiger partial charge < -0.3 is 19.6 Å². The first-order valence-corrected chi connectivity index (χ1v) is 6.78. The summed E-state index contributed by atoms with van der Waals surface area (Å²) in [5, 5.41) is 11.7. The summed E-state index contributed by atoms with van der Waals surface area (Å²) in [6, 6.07) is 9.13. The van der Waals surface area contributed by atoms with Crippen LogP contribution >= 0.6 is 0 Å². The van der Waals surface area contributed by atoms with Crippen molar-refractivity contribution in [2.45, 2.75) is 20.4 Å². The normalized spacial score (nSPS) is 10.4. The maximum atomic E-state index is 12.1. The van der Waals surface area contributed by atoms with Crippen molar-refractivity contribution in [2.24, 2.45) is 0 Å². The number of aliphatic hydroxyl groups is 1. The van der Waals surface area contributed by atoms with Crippen molar-refractivity contribution in [2.75, 3.05) is 13.2 Å². The minimum Gasteiger partial charge on any atom is -0.491 e. The van der Waals surface area contributed by atoms with Crippen molar-refractivity contribution in [1.82, 2.24) is 5.32 Å². The van der Waals surface area contributed by atoms with Crippen LogP contribution in [0.4, 0.5) is 0 Å². The highest BCUT2D eigenvalue weighted by molar-refractivity contribution is 5.95. The molecule has 1 heterocycles. The molecule has 5 nitrogen and oxygen atoms in total. The van der Waals surface area contributed by atoms with Crippen LogP contribution in [0.2, 0.25) is 0 Å². The number of amides is 1. The van der Waals surface area contributed by atoms with Crippen molar-refractivity contribution in [3.63, 3.8) is 0 Å². The number of rotatable bonds is 6. The Labute approximate surface area is 123 Å². The minimum absolute atomic E-state index is 0.0474. The van der Waals surface area contributed by atoms with Crippen LogP contribution in [-0.2, 0) is 6.54 Å². The Morgan fingerprint density at radius 2 is 2.10 bits per heavy atom. The fourth-order valence-corrected chi connectivity index (χ4v) is 2.07. The first-order valence-electron chi connectivity index (χ1n) is 6.78. The van der Waals surface area contributed by atoms with Crippen LogP contribution in [0.25, 0.3) is 0 Å². The number of aryl methyl sites for hydroxylation is 2. The lowest BCUT2D eigenvalue weighted by Gasteiger charge is -2.11. The summed E-state index contributed by atoms with van der Waals surface area (Å²) in [6.07, 6.45) is 0. The molecule has 0 saturated carbocycles. The Balaban J connectivity index is 2.03. The Morgan fingerprint density at radius 3 is 2.76 bits per heavy atom. The molecule has 2 rings (SSSR count). The predicted octanol–water partition coefficient (Wildman–Crippen LogP) is 2.20. The van der Waals surface area contributed by atoms with Gasteiger partial charge in [-0.15, -0.1) is 0 Å². The van der Waals surface area contributed by atoms with E-state index in [2.05, 4.69) is 5.32 Å². The standard InChI is InChI=1S/C16H19NO4/c1-11-9-14(12(2)21-11)16(19)17-10-13-5-3-4-6-15(13)20-8-7-18/h3-6,9,18H,7-8,10H2,1-2H3,(H,17,19). The van der Waals surface area contributed by atoms with Gasteiger partial charge in [-0.05, 0) is 26.0 Å². The summed E-state index contributed by atoms with van der Waals surface area (Å²) in [4.78, 5) is 12.1. The van der Waals surface area contributed by atoms with Gasteiger partial charge in [0, 0.05) is 12.1 Å². The number of nitrogens with one attached hydrogen (secondary N) is 1. The van der Waals surface area contributed by atoms with Gasteiger partial charge in [-0.3, -0.25) is 4.79 Å². The van der Waals surface area contributed by atoms with E-state index < -0.39 is 0 Å². The van der Waals surface area contributed by atoms with Crippen molar-refractivity contribution in [3.8, 4) is 5.75 Å². The van der Waals surface area contributed by atoms with Crippen LogP contribution in [-0.4, -0.2) is 24.2 Å². The molecular weight excluding hydrogens is 270 g/mol. The van der Waals surface area contributed by atoms with Crippen molar-refractivity contribution >= 4 is 5.91 Å². The highest BCUT2D eigenvalue weighted by Crippen LogP contribution is 2.18. The summed E-state index contributed by atoms with van der Waals surface area (Å²) < 4.78 is 10.8. The molecule has 1 aromatic carbocycles. The lowest BCUT2D eigenvalue weighted by Crippen LogP contribution is -2.23. The van der Waals surface area contributed by atoms with E-state index in [9.17, 15) is 4.79 Å². The second-order valence-electron chi connectivity index (χ2n) is 4.69. The molecule has 0 aliphatic heterocycles. The van der Waals surface area contributed by atoms with Gasteiger partial charge >= 0.3 is 0 Å². The van der Waals surface area contributed by atoms with Gasteiger partial charge in [-0.1, -0.05) is 18.2 Å². The van der Waals surface area contributed by atoms with Crippen LogP contribution in [0, 0.1) is 13.8 Å². The quantitative estimate of drug-likeness (QED) is 0.855. The first-order chi connectivity index (χ1) is 10.1. The molecule has 0 aliphatic rings. The number of furan rings is 1. The SMILES string of the molecule is Cc1cc(C(=O)NCc2ccccc2OCCO)c(C)o1. The summed E-state index contributed by atoms with van der Waals surface area (Å²) in [5.41, 5.74) is 1.40. The molecule has 0 atom stereocenters. The van der Waals surface area contributed by atoms with Crippen LogP contribution in [0.5, 0.6) is 5.75 Å². The zero-order valence-corrected chi connectivity index (χ0v) is 12.2. The third-order valence-corrected chi connectivity index (χ3v) is 3.05. The summed E-state index contributed by atoms with van der Waals surface area (Å²) in [6.45, 7) is 4.10. The van der Waals surface area contributed by atoms with E-state index in [0.29, 0.717) is 29.4 Å².